The van der Waals surface area contributed by atoms with E-state index in [4.69, 9.17) is 11.6 Å². The van der Waals surface area contributed by atoms with Gasteiger partial charge in [-0.3, -0.25) is 4.79 Å². The molecule has 0 spiro atoms. The second-order valence-corrected chi connectivity index (χ2v) is 9.82. The third kappa shape index (κ3) is 4.25. The van der Waals surface area contributed by atoms with E-state index in [9.17, 15) is 4.79 Å². The van der Waals surface area contributed by atoms with E-state index >= 15 is 0 Å². The lowest BCUT2D eigenvalue weighted by molar-refractivity contribution is 0.0751. The zero-order valence-electron chi connectivity index (χ0n) is 18.1. The Bertz CT molecular complexity index is 1260. The van der Waals surface area contributed by atoms with Gasteiger partial charge >= 0.3 is 0 Å². The van der Waals surface area contributed by atoms with E-state index in [0.717, 1.165) is 40.7 Å². The number of nitrogens with zero attached hydrogens (tertiary/aromatic N) is 2. The molecule has 0 saturated carbocycles. The van der Waals surface area contributed by atoms with E-state index in [2.05, 4.69) is 60.4 Å². The molecule has 0 aliphatic carbocycles. The molecular weight excluding hydrogens is 436 g/mol. The number of benzene rings is 3. The number of hydrogen-bond donors (Lipinski definition) is 0. The third-order valence-corrected chi connectivity index (χ3v) is 7.57. The van der Waals surface area contributed by atoms with Crippen LogP contribution in [0.1, 0.15) is 26.4 Å². The van der Waals surface area contributed by atoms with Crippen LogP contribution < -0.4 is 4.90 Å². The maximum Gasteiger partial charge on any atom is 0.264 e. The van der Waals surface area contributed by atoms with Gasteiger partial charge < -0.3 is 9.80 Å². The molecule has 1 saturated heterocycles. The summed E-state index contributed by atoms with van der Waals surface area (Å²) in [6.45, 7) is 5.14. The monoisotopic (exact) mass is 460 g/mol. The first-order valence-electron chi connectivity index (χ1n) is 10.9. The molecule has 0 unspecified atom stereocenters. The standard InChI is InChI=1S/C27H25ClN2OS/c1-19-9-11-20(12-10-19)17-24-23-7-2-3-8-25(23)32-26(24)27(31)30-15-13-29(14-16-30)22-6-4-5-21(28)18-22/h2-12,18H,13-17H2,1H3. The summed E-state index contributed by atoms with van der Waals surface area (Å²) in [4.78, 5) is 18.8. The van der Waals surface area contributed by atoms with E-state index in [1.54, 1.807) is 11.3 Å². The van der Waals surface area contributed by atoms with Crippen molar-refractivity contribution in [1.82, 2.24) is 4.90 Å². The molecule has 0 bridgehead atoms. The van der Waals surface area contributed by atoms with Crippen molar-refractivity contribution in [1.29, 1.82) is 0 Å². The second-order valence-electron chi connectivity index (χ2n) is 8.33. The molecule has 32 heavy (non-hydrogen) atoms. The Morgan fingerprint density at radius 1 is 0.938 bits per heavy atom. The van der Waals surface area contributed by atoms with Gasteiger partial charge in [0.15, 0.2) is 0 Å². The summed E-state index contributed by atoms with van der Waals surface area (Å²) >= 11 is 7.79. The summed E-state index contributed by atoms with van der Waals surface area (Å²) in [6, 6.07) is 24.9. The van der Waals surface area contributed by atoms with Gasteiger partial charge in [0.25, 0.3) is 5.91 Å². The fourth-order valence-electron chi connectivity index (χ4n) is 4.34. The quantitative estimate of drug-likeness (QED) is 0.351. The van der Waals surface area contributed by atoms with Gasteiger partial charge in [-0.1, -0.05) is 65.7 Å². The van der Waals surface area contributed by atoms with Crippen LogP contribution in [0.25, 0.3) is 10.1 Å². The number of rotatable bonds is 4. The first-order valence-corrected chi connectivity index (χ1v) is 12.1. The van der Waals surface area contributed by atoms with Crippen molar-refractivity contribution < 1.29 is 4.79 Å². The van der Waals surface area contributed by atoms with E-state index in [0.29, 0.717) is 13.1 Å². The van der Waals surface area contributed by atoms with E-state index < -0.39 is 0 Å². The minimum Gasteiger partial charge on any atom is -0.368 e. The lowest BCUT2D eigenvalue weighted by atomic mass is 10.0. The Morgan fingerprint density at radius 2 is 1.69 bits per heavy atom. The van der Waals surface area contributed by atoms with Crippen LogP contribution in [0, 0.1) is 6.92 Å². The highest BCUT2D eigenvalue weighted by Crippen LogP contribution is 2.34. The topological polar surface area (TPSA) is 23.6 Å². The number of anilines is 1. The van der Waals surface area contributed by atoms with Gasteiger partial charge in [-0.05, 0) is 54.1 Å². The van der Waals surface area contributed by atoms with Gasteiger partial charge in [0.2, 0.25) is 0 Å². The number of thiophene rings is 1. The van der Waals surface area contributed by atoms with Crippen LogP contribution in [-0.4, -0.2) is 37.0 Å². The van der Waals surface area contributed by atoms with Crippen molar-refractivity contribution in [2.75, 3.05) is 31.1 Å². The number of fused-ring (bicyclic) bond motifs is 1. The smallest absolute Gasteiger partial charge is 0.264 e. The van der Waals surface area contributed by atoms with E-state index in [-0.39, 0.29) is 5.91 Å². The van der Waals surface area contributed by atoms with Crippen molar-refractivity contribution in [2.45, 2.75) is 13.3 Å². The predicted molar refractivity (Wildman–Crippen MR) is 135 cm³/mol. The van der Waals surface area contributed by atoms with Crippen LogP contribution >= 0.6 is 22.9 Å². The summed E-state index contributed by atoms with van der Waals surface area (Å²) in [7, 11) is 0. The average molecular weight is 461 g/mol. The number of aryl methyl sites for hydroxylation is 1. The number of amides is 1. The number of hydrogen-bond acceptors (Lipinski definition) is 3. The van der Waals surface area contributed by atoms with Crippen molar-refractivity contribution in [3.63, 3.8) is 0 Å². The molecule has 1 fully saturated rings. The molecule has 3 nitrogen and oxygen atoms in total. The molecular formula is C27H25ClN2OS. The van der Waals surface area contributed by atoms with Crippen LogP contribution in [0.2, 0.25) is 5.02 Å². The minimum atomic E-state index is 0.152. The predicted octanol–water partition coefficient (Wildman–Crippen LogP) is 6.42. The van der Waals surface area contributed by atoms with Crippen molar-refractivity contribution in [2.24, 2.45) is 0 Å². The van der Waals surface area contributed by atoms with Gasteiger partial charge in [0, 0.05) is 41.6 Å². The normalized spacial score (nSPS) is 14.2. The summed E-state index contributed by atoms with van der Waals surface area (Å²) in [5.41, 5.74) is 4.75. The third-order valence-electron chi connectivity index (χ3n) is 6.13. The van der Waals surface area contributed by atoms with Gasteiger partial charge in [-0.15, -0.1) is 11.3 Å². The van der Waals surface area contributed by atoms with Crippen LogP contribution in [0.4, 0.5) is 5.69 Å². The summed E-state index contributed by atoms with van der Waals surface area (Å²) in [6.07, 6.45) is 0.772. The van der Waals surface area contributed by atoms with Crippen LogP contribution in [-0.2, 0) is 6.42 Å². The molecule has 5 heteroatoms. The van der Waals surface area contributed by atoms with Crippen molar-refractivity contribution >= 4 is 44.6 Å². The second kappa shape index (κ2) is 8.97. The number of carbonyl (C=O) groups is 1. The Labute approximate surface area is 197 Å². The van der Waals surface area contributed by atoms with Gasteiger partial charge in [-0.25, -0.2) is 0 Å². The lowest BCUT2D eigenvalue weighted by Crippen LogP contribution is -2.48. The molecule has 4 aromatic rings. The number of carbonyl (C=O) groups excluding carboxylic acids is 1. The summed E-state index contributed by atoms with van der Waals surface area (Å²) in [5.74, 6) is 0.152. The number of halogens is 1. The van der Waals surface area contributed by atoms with Gasteiger partial charge in [0.05, 0.1) is 4.88 Å². The molecule has 0 N–H and O–H groups in total. The van der Waals surface area contributed by atoms with Crippen LogP contribution in [0.3, 0.4) is 0 Å². The van der Waals surface area contributed by atoms with Crippen molar-refractivity contribution in [3.05, 3.63) is 99.4 Å². The van der Waals surface area contributed by atoms with Gasteiger partial charge in [0.1, 0.15) is 0 Å². The number of piperazine rings is 1. The van der Waals surface area contributed by atoms with Crippen molar-refractivity contribution in [3.8, 4) is 0 Å². The Morgan fingerprint density at radius 3 is 2.44 bits per heavy atom. The molecule has 1 aliphatic rings. The maximum atomic E-state index is 13.6. The fourth-order valence-corrected chi connectivity index (χ4v) is 5.72. The molecule has 5 rings (SSSR count). The highest BCUT2D eigenvalue weighted by molar-refractivity contribution is 7.21. The van der Waals surface area contributed by atoms with Crippen LogP contribution in [0.5, 0.6) is 0 Å². The molecule has 1 amide bonds. The fraction of sp³-hybridized carbons (Fsp3) is 0.222. The van der Waals surface area contributed by atoms with E-state index in [1.807, 2.05) is 29.2 Å². The molecule has 2 heterocycles. The Kier molecular flexibility index (Phi) is 5.90. The molecule has 1 aliphatic heterocycles. The van der Waals surface area contributed by atoms with Gasteiger partial charge in [-0.2, -0.15) is 0 Å². The Balaban J connectivity index is 1.39. The highest BCUT2D eigenvalue weighted by Gasteiger charge is 2.26. The minimum absolute atomic E-state index is 0.152. The molecule has 3 aromatic carbocycles. The van der Waals surface area contributed by atoms with Crippen LogP contribution in [0.15, 0.2) is 72.8 Å². The highest BCUT2D eigenvalue weighted by atomic mass is 35.5. The zero-order valence-corrected chi connectivity index (χ0v) is 19.6. The lowest BCUT2D eigenvalue weighted by Gasteiger charge is -2.36. The first-order chi connectivity index (χ1) is 15.6. The first kappa shape index (κ1) is 21.0. The average Bonchev–Trinajstić information content (AvgIpc) is 3.18. The molecule has 0 radical (unpaired) electrons. The summed E-state index contributed by atoms with van der Waals surface area (Å²) < 4.78 is 1.18. The SMILES string of the molecule is Cc1ccc(Cc2c(C(=O)N3CCN(c4cccc(Cl)c4)CC3)sc3ccccc23)cc1. The molecule has 162 valence electrons. The Hall–Kier alpha value is -2.82. The molecule has 1 aromatic heterocycles. The van der Waals surface area contributed by atoms with E-state index in [1.165, 1.54) is 21.2 Å². The largest absolute Gasteiger partial charge is 0.368 e. The zero-order chi connectivity index (χ0) is 22.1. The molecule has 0 atom stereocenters. The maximum absolute atomic E-state index is 13.6. The summed E-state index contributed by atoms with van der Waals surface area (Å²) in [5, 5.41) is 1.94.